The fourth-order valence-corrected chi connectivity index (χ4v) is 5.02. The molecule has 2 atom stereocenters. The summed E-state index contributed by atoms with van der Waals surface area (Å²) < 4.78 is 2.42. The normalized spacial score (nSPS) is 21.1. The van der Waals surface area contributed by atoms with Crippen molar-refractivity contribution < 1.29 is 4.79 Å². The van der Waals surface area contributed by atoms with Crippen molar-refractivity contribution in [2.24, 2.45) is 0 Å². The summed E-state index contributed by atoms with van der Waals surface area (Å²) in [4.78, 5) is 22.5. The van der Waals surface area contributed by atoms with Crippen LogP contribution in [0.5, 0.6) is 0 Å². The van der Waals surface area contributed by atoms with Crippen LogP contribution in [0, 0.1) is 6.92 Å². The van der Waals surface area contributed by atoms with Crippen molar-refractivity contribution in [2.45, 2.75) is 58.4 Å². The molecule has 0 radical (unpaired) electrons. The maximum absolute atomic E-state index is 13.3. The van der Waals surface area contributed by atoms with Crippen LogP contribution in [0.1, 0.15) is 67.7 Å². The van der Waals surface area contributed by atoms with E-state index in [0.717, 1.165) is 39.1 Å². The number of likely N-dealkylation sites (N-methyl/N-ethyl adjacent to an activating group) is 1. The molecule has 2 aromatic rings. The second kappa shape index (κ2) is 8.70. The Balaban J connectivity index is 1.63. The molecule has 1 aromatic heterocycles. The van der Waals surface area contributed by atoms with E-state index in [0.29, 0.717) is 12.5 Å². The molecule has 0 unspecified atom stereocenters. The number of hydrogen-bond acceptors (Lipinski definition) is 3. The van der Waals surface area contributed by atoms with Crippen molar-refractivity contribution in [1.82, 2.24) is 19.4 Å². The molecule has 1 fully saturated rings. The molecule has 0 aliphatic carbocycles. The Morgan fingerprint density at radius 1 is 1.21 bits per heavy atom. The number of nitrogens with zero attached hydrogens (tertiary/aromatic N) is 4. The van der Waals surface area contributed by atoms with E-state index in [4.69, 9.17) is 4.98 Å². The molecule has 0 bridgehead atoms. The van der Waals surface area contributed by atoms with Gasteiger partial charge in [0.05, 0.1) is 0 Å². The van der Waals surface area contributed by atoms with E-state index in [1.807, 2.05) is 6.20 Å². The van der Waals surface area contributed by atoms with E-state index in [1.165, 1.54) is 35.5 Å². The summed E-state index contributed by atoms with van der Waals surface area (Å²) in [5.74, 6) is 1.52. The van der Waals surface area contributed by atoms with Gasteiger partial charge in [-0.2, -0.15) is 0 Å². The van der Waals surface area contributed by atoms with Gasteiger partial charge in [0.25, 0.3) is 0 Å². The lowest BCUT2D eigenvalue weighted by atomic mass is 9.88. The van der Waals surface area contributed by atoms with E-state index in [1.54, 1.807) is 0 Å². The van der Waals surface area contributed by atoms with E-state index in [9.17, 15) is 4.79 Å². The fraction of sp³-hybridized carbons (Fsp3) is 0.583. The average Bonchev–Trinajstić information content (AvgIpc) is 3.18. The number of benzene rings is 1. The Hall–Kier alpha value is -2.14. The molecule has 1 amide bonds. The molecule has 1 saturated heterocycles. The summed E-state index contributed by atoms with van der Waals surface area (Å²) in [6, 6.07) is 8.97. The van der Waals surface area contributed by atoms with Crippen LogP contribution in [0.25, 0.3) is 0 Å². The van der Waals surface area contributed by atoms with Gasteiger partial charge < -0.3 is 14.4 Å². The third kappa shape index (κ3) is 4.11. The molecule has 2 aliphatic rings. The predicted octanol–water partition coefficient (Wildman–Crippen LogP) is 3.77. The number of hydrogen-bond donors (Lipinski definition) is 0. The minimum atomic E-state index is 0.0645. The van der Waals surface area contributed by atoms with Crippen molar-refractivity contribution in [3.63, 3.8) is 0 Å². The van der Waals surface area contributed by atoms with Gasteiger partial charge in [0, 0.05) is 62.9 Å². The molecule has 0 spiro atoms. The van der Waals surface area contributed by atoms with Crippen LogP contribution in [0.3, 0.4) is 0 Å². The van der Waals surface area contributed by atoms with Crippen LogP contribution in [-0.2, 0) is 11.2 Å². The zero-order valence-electron chi connectivity index (χ0n) is 18.1. The summed E-state index contributed by atoms with van der Waals surface area (Å²) in [6.45, 7) is 11.3. The number of fused-ring (bicyclic) bond motifs is 1. The van der Waals surface area contributed by atoms with Gasteiger partial charge in [0.1, 0.15) is 5.82 Å². The van der Waals surface area contributed by atoms with Crippen LogP contribution in [0.2, 0.25) is 0 Å². The predicted molar refractivity (Wildman–Crippen MR) is 116 cm³/mol. The maximum atomic E-state index is 13.3. The molecule has 156 valence electrons. The number of carbonyl (C=O) groups excluding carboxylic acids is 1. The van der Waals surface area contributed by atoms with Gasteiger partial charge in [-0.15, -0.1) is 0 Å². The SMILES string of the molecule is CCN1CCN(C(=O)C[C@H](c2ccccc2C)c2cnc3n2[C@H](C)CCC3)CC1. The maximum Gasteiger partial charge on any atom is 0.223 e. The number of aryl methyl sites for hydroxylation is 2. The molecule has 3 heterocycles. The van der Waals surface area contributed by atoms with Crippen molar-refractivity contribution >= 4 is 5.91 Å². The topological polar surface area (TPSA) is 41.4 Å². The summed E-state index contributed by atoms with van der Waals surface area (Å²) in [7, 11) is 0. The fourth-order valence-electron chi connectivity index (χ4n) is 5.02. The second-order valence-corrected chi connectivity index (χ2v) is 8.64. The summed E-state index contributed by atoms with van der Waals surface area (Å²) in [5.41, 5.74) is 3.72. The van der Waals surface area contributed by atoms with E-state index >= 15 is 0 Å². The number of aromatic nitrogens is 2. The van der Waals surface area contributed by atoms with Gasteiger partial charge in [0.15, 0.2) is 0 Å². The standard InChI is InChI=1S/C24H34N4O/c1-4-26-12-14-27(15-13-26)24(29)16-21(20-10-6-5-8-18(20)2)22-17-25-23-11-7-9-19(3)28(22)23/h5-6,8,10,17,19,21H,4,7,9,11-16H2,1-3H3/t19-,21-/m1/s1. The Labute approximate surface area is 174 Å². The number of piperazine rings is 1. The zero-order valence-corrected chi connectivity index (χ0v) is 18.1. The first kappa shape index (κ1) is 20.1. The summed E-state index contributed by atoms with van der Waals surface area (Å²) >= 11 is 0. The quantitative estimate of drug-likeness (QED) is 0.775. The smallest absolute Gasteiger partial charge is 0.223 e. The highest BCUT2D eigenvalue weighted by Gasteiger charge is 2.30. The number of amides is 1. The lowest BCUT2D eigenvalue weighted by molar-refractivity contribution is -0.133. The average molecular weight is 395 g/mol. The summed E-state index contributed by atoms with van der Waals surface area (Å²) in [6.07, 6.45) is 5.99. The Kier molecular flexibility index (Phi) is 6.04. The van der Waals surface area contributed by atoms with Crippen LogP contribution in [-0.4, -0.2) is 58.0 Å². The van der Waals surface area contributed by atoms with Crippen molar-refractivity contribution in [3.8, 4) is 0 Å². The number of imidazole rings is 1. The van der Waals surface area contributed by atoms with Crippen molar-refractivity contribution in [1.29, 1.82) is 0 Å². The van der Waals surface area contributed by atoms with Gasteiger partial charge in [0.2, 0.25) is 5.91 Å². The van der Waals surface area contributed by atoms with Crippen molar-refractivity contribution in [3.05, 3.63) is 53.1 Å². The van der Waals surface area contributed by atoms with Gasteiger partial charge in [-0.25, -0.2) is 4.98 Å². The van der Waals surface area contributed by atoms with E-state index < -0.39 is 0 Å². The molecule has 5 heteroatoms. The first-order valence-corrected chi connectivity index (χ1v) is 11.2. The lowest BCUT2D eigenvalue weighted by Gasteiger charge is -2.35. The first-order chi connectivity index (χ1) is 14.1. The highest BCUT2D eigenvalue weighted by molar-refractivity contribution is 5.78. The van der Waals surface area contributed by atoms with Gasteiger partial charge in [-0.1, -0.05) is 31.2 Å². The molecule has 0 N–H and O–H groups in total. The molecular formula is C24H34N4O. The third-order valence-corrected chi connectivity index (χ3v) is 6.84. The molecule has 5 nitrogen and oxygen atoms in total. The van der Waals surface area contributed by atoms with Crippen LogP contribution in [0.15, 0.2) is 30.5 Å². The molecular weight excluding hydrogens is 360 g/mol. The van der Waals surface area contributed by atoms with Crippen LogP contribution in [0.4, 0.5) is 0 Å². The van der Waals surface area contributed by atoms with E-state index in [-0.39, 0.29) is 11.8 Å². The van der Waals surface area contributed by atoms with E-state index in [2.05, 4.69) is 59.4 Å². The third-order valence-electron chi connectivity index (χ3n) is 6.84. The van der Waals surface area contributed by atoms with Crippen LogP contribution < -0.4 is 0 Å². The highest BCUT2D eigenvalue weighted by atomic mass is 16.2. The van der Waals surface area contributed by atoms with Gasteiger partial charge >= 0.3 is 0 Å². The molecule has 4 rings (SSSR count). The van der Waals surface area contributed by atoms with Gasteiger partial charge in [-0.05, 0) is 44.4 Å². The minimum Gasteiger partial charge on any atom is -0.340 e. The zero-order chi connectivity index (χ0) is 20.4. The van der Waals surface area contributed by atoms with Crippen LogP contribution >= 0.6 is 0 Å². The lowest BCUT2D eigenvalue weighted by Crippen LogP contribution is -2.48. The second-order valence-electron chi connectivity index (χ2n) is 8.64. The Bertz CT molecular complexity index is 850. The first-order valence-electron chi connectivity index (χ1n) is 11.2. The minimum absolute atomic E-state index is 0.0645. The largest absolute Gasteiger partial charge is 0.340 e. The Morgan fingerprint density at radius 3 is 2.69 bits per heavy atom. The van der Waals surface area contributed by atoms with Gasteiger partial charge in [-0.3, -0.25) is 4.79 Å². The van der Waals surface area contributed by atoms with Crippen molar-refractivity contribution in [2.75, 3.05) is 32.7 Å². The highest BCUT2D eigenvalue weighted by Crippen LogP contribution is 2.36. The molecule has 29 heavy (non-hydrogen) atoms. The Morgan fingerprint density at radius 2 is 1.97 bits per heavy atom. The monoisotopic (exact) mass is 394 g/mol. The molecule has 1 aromatic carbocycles. The summed E-state index contributed by atoms with van der Waals surface area (Å²) in [5, 5.41) is 0. The molecule has 0 saturated carbocycles. The molecule has 2 aliphatic heterocycles. The number of rotatable bonds is 5. The number of carbonyl (C=O) groups is 1.